The van der Waals surface area contributed by atoms with E-state index in [0.29, 0.717) is 5.92 Å². The molecule has 5 rings (SSSR count). The van der Waals surface area contributed by atoms with E-state index in [9.17, 15) is 0 Å². The van der Waals surface area contributed by atoms with Crippen molar-refractivity contribution in [2.75, 3.05) is 25.1 Å². The average molecular weight is 392 g/mol. The van der Waals surface area contributed by atoms with Crippen molar-refractivity contribution in [2.24, 2.45) is 0 Å². The van der Waals surface area contributed by atoms with Crippen LogP contribution in [0.2, 0.25) is 0 Å². The Labute approximate surface area is 167 Å². The van der Waals surface area contributed by atoms with Crippen molar-refractivity contribution in [1.29, 1.82) is 0 Å². The fourth-order valence-electron chi connectivity index (χ4n) is 3.70. The molecular weight excluding hydrogens is 370 g/mol. The average Bonchev–Trinajstić information content (AvgIpc) is 3.41. The Morgan fingerprint density at radius 3 is 2.57 bits per heavy atom. The molecular formula is C21H21N5OS. The molecule has 2 aromatic heterocycles. The Morgan fingerprint density at radius 2 is 1.82 bits per heavy atom. The van der Waals surface area contributed by atoms with Gasteiger partial charge in [0, 0.05) is 24.6 Å². The number of H-pyrrole nitrogens is 1. The third-order valence-corrected chi connectivity index (χ3v) is 6.34. The quantitative estimate of drug-likeness (QED) is 0.556. The Morgan fingerprint density at radius 1 is 1.04 bits per heavy atom. The van der Waals surface area contributed by atoms with Gasteiger partial charge in [-0.15, -0.1) is 10.2 Å². The van der Waals surface area contributed by atoms with Crippen molar-refractivity contribution in [3.8, 4) is 16.3 Å². The number of nitrogens with zero attached hydrogens (tertiary/aromatic N) is 4. The van der Waals surface area contributed by atoms with Gasteiger partial charge in [-0.3, -0.25) is 0 Å². The zero-order valence-electron chi connectivity index (χ0n) is 15.6. The summed E-state index contributed by atoms with van der Waals surface area (Å²) in [5, 5.41) is 10.8. The number of benzene rings is 2. The SMILES string of the molecule is COc1ccc(-c2nnc(N3CCC(c4nc5ccccc5[nH]4)CC3)s2)cc1. The van der Waals surface area contributed by atoms with Crippen LogP contribution in [-0.2, 0) is 0 Å². The first-order valence-electron chi connectivity index (χ1n) is 9.47. The largest absolute Gasteiger partial charge is 0.497 e. The summed E-state index contributed by atoms with van der Waals surface area (Å²) in [5.74, 6) is 2.43. The third kappa shape index (κ3) is 3.22. The van der Waals surface area contributed by atoms with E-state index in [1.165, 1.54) is 0 Å². The first kappa shape index (κ1) is 17.2. The summed E-state index contributed by atoms with van der Waals surface area (Å²) in [6.45, 7) is 1.94. The topological polar surface area (TPSA) is 66.9 Å². The molecule has 142 valence electrons. The predicted molar refractivity (Wildman–Crippen MR) is 112 cm³/mol. The number of imidazole rings is 1. The van der Waals surface area contributed by atoms with Crippen molar-refractivity contribution in [3.05, 3.63) is 54.4 Å². The van der Waals surface area contributed by atoms with Crippen molar-refractivity contribution < 1.29 is 4.74 Å². The van der Waals surface area contributed by atoms with Gasteiger partial charge in [0.1, 0.15) is 16.6 Å². The van der Waals surface area contributed by atoms with Crippen LogP contribution in [0.25, 0.3) is 21.6 Å². The van der Waals surface area contributed by atoms with Gasteiger partial charge >= 0.3 is 0 Å². The lowest BCUT2D eigenvalue weighted by atomic mass is 9.96. The van der Waals surface area contributed by atoms with Crippen LogP contribution in [-0.4, -0.2) is 40.4 Å². The van der Waals surface area contributed by atoms with Gasteiger partial charge in [0.05, 0.1) is 18.1 Å². The van der Waals surface area contributed by atoms with Crippen LogP contribution in [0.15, 0.2) is 48.5 Å². The zero-order valence-corrected chi connectivity index (χ0v) is 16.4. The predicted octanol–water partition coefficient (Wildman–Crippen LogP) is 4.47. The minimum Gasteiger partial charge on any atom is -0.497 e. The molecule has 1 N–H and O–H groups in total. The highest BCUT2D eigenvalue weighted by Crippen LogP contribution is 2.34. The van der Waals surface area contributed by atoms with E-state index in [1.54, 1.807) is 18.4 Å². The number of nitrogens with one attached hydrogen (secondary N) is 1. The molecule has 1 saturated heterocycles. The molecule has 6 nitrogen and oxygen atoms in total. The molecule has 3 heterocycles. The van der Waals surface area contributed by atoms with E-state index >= 15 is 0 Å². The number of anilines is 1. The maximum atomic E-state index is 5.22. The molecule has 0 atom stereocenters. The lowest BCUT2D eigenvalue weighted by Gasteiger charge is -2.30. The van der Waals surface area contributed by atoms with Gasteiger partial charge < -0.3 is 14.6 Å². The number of ether oxygens (including phenoxy) is 1. The fraction of sp³-hybridized carbons (Fsp3) is 0.286. The second kappa shape index (κ2) is 7.24. The van der Waals surface area contributed by atoms with E-state index < -0.39 is 0 Å². The van der Waals surface area contributed by atoms with Crippen LogP contribution in [0.5, 0.6) is 5.75 Å². The number of piperidine rings is 1. The fourth-order valence-corrected chi connectivity index (χ4v) is 4.61. The van der Waals surface area contributed by atoms with Crippen molar-refractivity contribution in [3.63, 3.8) is 0 Å². The summed E-state index contributed by atoms with van der Waals surface area (Å²) in [4.78, 5) is 10.6. The Hall–Kier alpha value is -2.93. The van der Waals surface area contributed by atoms with E-state index in [1.807, 2.05) is 36.4 Å². The van der Waals surface area contributed by atoms with Crippen molar-refractivity contribution in [1.82, 2.24) is 20.2 Å². The maximum Gasteiger partial charge on any atom is 0.208 e. The van der Waals surface area contributed by atoms with Crippen LogP contribution in [0.1, 0.15) is 24.6 Å². The van der Waals surface area contributed by atoms with E-state index in [-0.39, 0.29) is 0 Å². The van der Waals surface area contributed by atoms with Crippen LogP contribution in [0.4, 0.5) is 5.13 Å². The summed E-state index contributed by atoms with van der Waals surface area (Å²) >= 11 is 1.65. The van der Waals surface area contributed by atoms with E-state index in [0.717, 1.165) is 64.2 Å². The van der Waals surface area contributed by atoms with Crippen molar-refractivity contribution >= 4 is 27.5 Å². The van der Waals surface area contributed by atoms with E-state index in [2.05, 4.69) is 32.2 Å². The molecule has 0 unspecified atom stereocenters. The number of hydrogen-bond acceptors (Lipinski definition) is 6. The third-order valence-electron chi connectivity index (χ3n) is 5.31. The molecule has 0 bridgehead atoms. The number of methoxy groups -OCH3 is 1. The molecule has 7 heteroatoms. The first-order chi connectivity index (χ1) is 13.8. The lowest BCUT2D eigenvalue weighted by Crippen LogP contribution is -2.33. The van der Waals surface area contributed by atoms with Gasteiger partial charge in [0.25, 0.3) is 0 Å². The van der Waals surface area contributed by atoms with Crippen LogP contribution in [0.3, 0.4) is 0 Å². The van der Waals surface area contributed by atoms with Gasteiger partial charge in [-0.05, 0) is 49.2 Å². The molecule has 1 aliphatic rings. The summed E-state index contributed by atoms with van der Waals surface area (Å²) < 4.78 is 5.22. The first-order valence-corrected chi connectivity index (χ1v) is 10.3. The molecule has 28 heavy (non-hydrogen) atoms. The Balaban J connectivity index is 1.27. The molecule has 1 fully saturated rings. The molecule has 0 spiro atoms. The van der Waals surface area contributed by atoms with Gasteiger partial charge in [0.2, 0.25) is 5.13 Å². The minimum absolute atomic E-state index is 0.470. The molecule has 0 aliphatic carbocycles. The summed E-state index contributed by atoms with van der Waals surface area (Å²) in [6.07, 6.45) is 2.13. The Bertz CT molecular complexity index is 1050. The lowest BCUT2D eigenvalue weighted by molar-refractivity contribution is 0.415. The molecule has 1 aliphatic heterocycles. The van der Waals surface area contributed by atoms with Crippen LogP contribution >= 0.6 is 11.3 Å². The van der Waals surface area contributed by atoms with Crippen LogP contribution in [0, 0.1) is 0 Å². The van der Waals surface area contributed by atoms with Gasteiger partial charge in [-0.25, -0.2) is 4.98 Å². The highest BCUT2D eigenvalue weighted by molar-refractivity contribution is 7.18. The monoisotopic (exact) mass is 391 g/mol. The molecule has 0 saturated carbocycles. The summed E-state index contributed by atoms with van der Waals surface area (Å²) in [5.41, 5.74) is 3.24. The Kier molecular flexibility index (Phi) is 4.44. The van der Waals surface area contributed by atoms with Gasteiger partial charge in [-0.1, -0.05) is 23.5 Å². The minimum atomic E-state index is 0.470. The van der Waals surface area contributed by atoms with E-state index in [4.69, 9.17) is 9.72 Å². The summed E-state index contributed by atoms with van der Waals surface area (Å²) in [7, 11) is 1.67. The van der Waals surface area contributed by atoms with Gasteiger partial charge in [0.15, 0.2) is 0 Å². The normalized spacial score (nSPS) is 15.2. The molecule has 2 aromatic carbocycles. The molecule has 0 amide bonds. The van der Waals surface area contributed by atoms with Gasteiger partial charge in [-0.2, -0.15) is 0 Å². The standard InChI is InChI=1S/C21H21N5OS/c1-27-16-8-6-15(7-9-16)20-24-25-21(28-20)26-12-10-14(11-13-26)19-22-17-4-2-3-5-18(17)23-19/h2-9,14H,10-13H2,1H3,(H,22,23). The maximum absolute atomic E-state index is 5.22. The number of fused-ring (bicyclic) bond motifs is 1. The van der Waals surface area contributed by atoms with Crippen LogP contribution < -0.4 is 9.64 Å². The molecule has 4 aromatic rings. The van der Waals surface area contributed by atoms with Crippen molar-refractivity contribution in [2.45, 2.75) is 18.8 Å². The number of aromatic nitrogens is 4. The second-order valence-corrected chi connectivity index (χ2v) is 7.97. The highest BCUT2D eigenvalue weighted by atomic mass is 32.1. The zero-order chi connectivity index (χ0) is 18.9. The number of rotatable bonds is 4. The second-order valence-electron chi connectivity index (χ2n) is 7.02. The number of para-hydroxylation sites is 2. The number of aromatic amines is 1. The highest BCUT2D eigenvalue weighted by Gasteiger charge is 2.25. The smallest absolute Gasteiger partial charge is 0.208 e. The summed E-state index contributed by atoms with van der Waals surface area (Å²) in [6, 6.07) is 16.2. The number of hydrogen-bond donors (Lipinski definition) is 1. The molecule has 0 radical (unpaired) electrons.